The molecule has 6 nitrogen and oxygen atoms in total. The average Bonchev–Trinajstić information content (AvgIpc) is 2.64. The van der Waals surface area contributed by atoms with Gasteiger partial charge in [-0.05, 0) is 36.4 Å². The predicted molar refractivity (Wildman–Crippen MR) is 91.2 cm³/mol. The molecule has 0 aliphatic rings. The molecule has 8 heteroatoms. The first-order valence-electron chi connectivity index (χ1n) is 7.42. The highest BCUT2D eigenvalue weighted by atomic mass is 19.1. The fourth-order valence-corrected chi connectivity index (χ4v) is 2.31. The van der Waals surface area contributed by atoms with Gasteiger partial charge in [0.25, 0.3) is 5.56 Å². The predicted octanol–water partition coefficient (Wildman–Crippen LogP) is 3.34. The molecular formula is C18H12F2N4O2. The van der Waals surface area contributed by atoms with Crippen LogP contribution in [-0.4, -0.2) is 17.1 Å². The largest absolute Gasteiger partial charge is 0.497 e. The van der Waals surface area contributed by atoms with Crippen LogP contribution in [0.25, 0.3) is 11.3 Å². The first-order valence-corrected chi connectivity index (χ1v) is 7.42. The number of nitrogens with one attached hydrogen (secondary N) is 2. The highest BCUT2D eigenvalue weighted by Gasteiger charge is 2.14. The number of hydrogen-bond acceptors (Lipinski definition) is 5. The summed E-state index contributed by atoms with van der Waals surface area (Å²) < 4.78 is 32.2. The van der Waals surface area contributed by atoms with Gasteiger partial charge >= 0.3 is 0 Å². The Hall–Kier alpha value is -3.73. The number of rotatable bonds is 4. The number of benzene rings is 2. The molecule has 1 heterocycles. The third-order valence-corrected chi connectivity index (χ3v) is 3.58. The van der Waals surface area contributed by atoms with E-state index >= 15 is 0 Å². The van der Waals surface area contributed by atoms with E-state index in [1.54, 1.807) is 30.3 Å². The van der Waals surface area contributed by atoms with Crippen molar-refractivity contribution in [3.63, 3.8) is 0 Å². The molecule has 130 valence electrons. The molecule has 1 aromatic heterocycles. The molecule has 0 aliphatic heterocycles. The van der Waals surface area contributed by atoms with Crippen LogP contribution in [0.3, 0.4) is 0 Å². The summed E-state index contributed by atoms with van der Waals surface area (Å²) in [6, 6.07) is 11.2. The van der Waals surface area contributed by atoms with Gasteiger partial charge in [0.15, 0.2) is 0 Å². The molecule has 3 rings (SSSR count). The molecule has 0 unspecified atom stereocenters. The van der Waals surface area contributed by atoms with Gasteiger partial charge in [-0.15, -0.1) is 0 Å². The van der Waals surface area contributed by atoms with Crippen LogP contribution in [0.15, 0.2) is 47.3 Å². The number of anilines is 2. The minimum absolute atomic E-state index is 0.109. The van der Waals surface area contributed by atoms with Gasteiger partial charge in [-0.3, -0.25) is 9.78 Å². The van der Waals surface area contributed by atoms with Gasteiger partial charge in [0.1, 0.15) is 29.0 Å². The van der Waals surface area contributed by atoms with Gasteiger partial charge < -0.3 is 10.1 Å². The second-order valence-corrected chi connectivity index (χ2v) is 5.23. The van der Waals surface area contributed by atoms with Crippen molar-refractivity contribution in [3.8, 4) is 23.1 Å². The van der Waals surface area contributed by atoms with Crippen LogP contribution in [0.2, 0.25) is 0 Å². The summed E-state index contributed by atoms with van der Waals surface area (Å²) in [5, 5.41) is 11.8. The molecule has 0 fully saturated rings. The number of H-pyrrole nitrogens is 1. The minimum atomic E-state index is -0.718. The fourth-order valence-electron chi connectivity index (χ4n) is 2.31. The minimum Gasteiger partial charge on any atom is -0.497 e. The van der Waals surface area contributed by atoms with Gasteiger partial charge in [-0.25, -0.2) is 13.8 Å². The Kier molecular flexibility index (Phi) is 4.62. The number of ether oxygens (including phenoxy) is 1. The maximum atomic E-state index is 13.8. The molecule has 2 aromatic carbocycles. The Morgan fingerprint density at radius 2 is 1.92 bits per heavy atom. The SMILES string of the molecule is COc1ccc(-c2nc(Nc3cc(F)ccc3F)[nH]c(=O)c2C#N)cc1. The molecule has 0 saturated carbocycles. The van der Waals surface area contributed by atoms with Crippen molar-refractivity contribution in [1.29, 1.82) is 5.26 Å². The first-order chi connectivity index (χ1) is 12.5. The van der Waals surface area contributed by atoms with Crippen molar-refractivity contribution in [2.75, 3.05) is 12.4 Å². The van der Waals surface area contributed by atoms with Crippen molar-refractivity contribution < 1.29 is 13.5 Å². The second kappa shape index (κ2) is 7.03. The maximum Gasteiger partial charge on any atom is 0.270 e. The maximum absolute atomic E-state index is 13.8. The molecule has 0 amide bonds. The highest BCUT2D eigenvalue weighted by molar-refractivity contribution is 5.68. The number of nitriles is 1. The van der Waals surface area contributed by atoms with Gasteiger partial charge in [0, 0.05) is 11.6 Å². The average molecular weight is 354 g/mol. The zero-order chi connectivity index (χ0) is 18.7. The van der Waals surface area contributed by atoms with Crippen molar-refractivity contribution in [3.05, 3.63) is 70.0 Å². The molecule has 2 N–H and O–H groups in total. The summed E-state index contributed by atoms with van der Waals surface area (Å²) in [6.45, 7) is 0. The Bertz CT molecular complexity index is 1060. The Morgan fingerprint density at radius 3 is 2.58 bits per heavy atom. The van der Waals surface area contributed by atoms with Gasteiger partial charge in [0.2, 0.25) is 5.95 Å². The van der Waals surface area contributed by atoms with Crippen molar-refractivity contribution in [2.24, 2.45) is 0 Å². The lowest BCUT2D eigenvalue weighted by atomic mass is 10.1. The van der Waals surface area contributed by atoms with Crippen LogP contribution < -0.4 is 15.6 Å². The fraction of sp³-hybridized carbons (Fsp3) is 0.0556. The molecule has 0 saturated heterocycles. The molecular weight excluding hydrogens is 342 g/mol. The molecule has 0 radical (unpaired) electrons. The highest BCUT2D eigenvalue weighted by Crippen LogP contribution is 2.24. The van der Waals surface area contributed by atoms with E-state index in [2.05, 4.69) is 15.3 Å². The molecule has 0 spiro atoms. The Labute approximate surface area is 146 Å². The van der Waals surface area contributed by atoms with Crippen LogP contribution in [0.4, 0.5) is 20.4 Å². The topological polar surface area (TPSA) is 90.8 Å². The molecule has 0 aliphatic carbocycles. The van der Waals surface area contributed by atoms with Crippen molar-refractivity contribution >= 4 is 11.6 Å². The normalized spacial score (nSPS) is 10.2. The summed E-state index contributed by atoms with van der Waals surface area (Å²) in [5.74, 6) is -0.897. The summed E-state index contributed by atoms with van der Waals surface area (Å²) in [4.78, 5) is 18.7. The third-order valence-electron chi connectivity index (χ3n) is 3.58. The van der Waals surface area contributed by atoms with Crippen LogP contribution in [0, 0.1) is 23.0 Å². The molecule has 0 atom stereocenters. The van der Waals surface area contributed by atoms with E-state index in [4.69, 9.17) is 4.74 Å². The molecule has 3 aromatic rings. The standard InChI is InChI=1S/C18H12F2N4O2/c1-26-12-5-2-10(3-6-12)16-13(9-21)17(25)24-18(23-16)22-15-8-11(19)4-7-14(15)20/h2-8H,1H3,(H2,22,23,24,25). The van der Waals surface area contributed by atoms with E-state index in [9.17, 15) is 18.8 Å². The summed E-state index contributed by atoms with van der Waals surface area (Å²) >= 11 is 0. The lowest BCUT2D eigenvalue weighted by Crippen LogP contribution is -2.16. The van der Waals surface area contributed by atoms with E-state index in [-0.39, 0.29) is 22.9 Å². The van der Waals surface area contributed by atoms with E-state index in [0.29, 0.717) is 11.3 Å². The van der Waals surface area contributed by atoms with Crippen molar-refractivity contribution in [2.45, 2.75) is 0 Å². The zero-order valence-electron chi connectivity index (χ0n) is 13.5. The van der Waals surface area contributed by atoms with Crippen LogP contribution in [0.1, 0.15) is 5.56 Å². The van der Waals surface area contributed by atoms with Crippen LogP contribution >= 0.6 is 0 Å². The summed E-state index contributed by atoms with van der Waals surface area (Å²) in [6.07, 6.45) is 0. The number of methoxy groups -OCH3 is 1. The molecule has 0 bridgehead atoms. The number of nitrogens with zero attached hydrogens (tertiary/aromatic N) is 2. The van der Waals surface area contributed by atoms with Crippen LogP contribution in [-0.2, 0) is 0 Å². The number of aromatic amines is 1. The first kappa shape index (κ1) is 17.1. The van der Waals surface area contributed by atoms with E-state index in [0.717, 1.165) is 18.2 Å². The van der Waals surface area contributed by atoms with Gasteiger partial charge in [-0.1, -0.05) is 0 Å². The van der Waals surface area contributed by atoms with E-state index in [1.807, 2.05) is 0 Å². The smallest absolute Gasteiger partial charge is 0.270 e. The van der Waals surface area contributed by atoms with Gasteiger partial charge in [0.05, 0.1) is 18.5 Å². The van der Waals surface area contributed by atoms with E-state index in [1.165, 1.54) is 7.11 Å². The van der Waals surface area contributed by atoms with Gasteiger partial charge in [-0.2, -0.15) is 5.26 Å². The van der Waals surface area contributed by atoms with Crippen LogP contribution in [0.5, 0.6) is 5.75 Å². The third kappa shape index (κ3) is 3.37. The van der Waals surface area contributed by atoms with E-state index < -0.39 is 17.2 Å². The zero-order valence-corrected chi connectivity index (χ0v) is 13.5. The van der Waals surface area contributed by atoms with Crippen molar-refractivity contribution in [1.82, 2.24) is 9.97 Å². The summed E-state index contributed by atoms with van der Waals surface area (Å²) in [7, 11) is 1.51. The number of aromatic nitrogens is 2. The molecule has 26 heavy (non-hydrogen) atoms. The quantitative estimate of drug-likeness (QED) is 0.750. The number of hydrogen-bond donors (Lipinski definition) is 2. The Balaban J connectivity index is 2.08. The Morgan fingerprint density at radius 1 is 1.19 bits per heavy atom. The monoisotopic (exact) mass is 354 g/mol. The lowest BCUT2D eigenvalue weighted by Gasteiger charge is -2.10. The second-order valence-electron chi connectivity index (χ2n) is 5.23. The lowest BCUT2D eigenvalue weighted by molar-refractivity contribution is 0.415. The summed E-state index contributed by atoms with van der Waals surface area (Å²) in [5.41, 5.74) is -0.485. The number of halogens is 2.